The van der Waals surface area contributed by atoms with Crippen LogP contribution in [0.15, 0.2) is 30.7 Å². The first-order valence-electron chi connectivity index (χ1n) is 13.3. The number of amides is 2. The number of nitrogens with zero attached hydrogens (tertiary/aromatic N) is 5. The largest absolute Gasteiger partial charge is 0.444 e. The molecule has 2 amide bonds. The topological polar surface area (TPSA) is 102 Å². The molecule has 6 rings (SSSR count). The van der Waals surface area contributed by atoms with Crippen molar-refractivity contribution in [1.82, 2.24) is 24.6 Å². The van der Waals surface area contributed by atoms with Crippen LogP contribution in [0.4, 0.5) is 16.2 Å². The van der Waals surface area contributed by atoms with Crippen LogP contribution in [0.1, 0.15) is 67.7 Å². The Kier molecular flexibility index (Phi) is 6.02. The third kappa shape index (κ3) is 4.36. The van der Waals surface area contributed by atoms with E-state index in [2.05, 4.69) is 27.5 Å². The molecule has 0 bridgehead atoms. The summed E-state index contributed by atoms with van der Waals surface area (Å²) in [7, 11) is 0. The predicted molar refractivity (Wildman–Crippen MR) is 142 cm³/mol. The maximum absolute atomic E-state index is 13.6. The molecule has 1 aromatic carbocycles. The molecule has 3 aromatic rings. The van der Waals surface area contributed by atoms with Gasteiger partial charge in [-0.15, -0.1) is 0 Å². The summed E-state index contributed by atoms with van der Waals surface area (Å²) < 4.78 is 13.4. The number of nitrogens with one attached hydrogen (secondary N) is 1. The van der Waals surface area contributed by atoms with Crippen LogP contribution in [-0.4, -0.2) is 67.9 Å². The highest BCUT2D eigenvalue weighted by molar-refractivity contribution is 6.05. The zero-order valence-corrected chi connectivity index (χ0v) is 22.4. The normalized spacial score (nSPS) is 20.0. The number of aromatic nitrogens is 3. The average Bonchev–Trinajstić information content (AvgIpc) is 3.41. The van der Waals surface area contributed by atoms with Crippen molar-refractivity contribution in [3.63, 3.8) is 0 Å². The average molecular weight is 519 g/mol. The van der Waals surface area contributed by atoms with Crippen molar-refractivity contribution in [3.8, 4) is 0 Å². The van der Waals surface area contributed by atoms with Crippen LogP contribution in [0.2, 0.25) is 0 Å². The molecular weight excluding hydrogens is 484 g/mol. The fourth-order valence-corrected chi connectivity index (χ4v) is 5.47. The highest BCUT2D eigenvalue weighted by Gasteiger charge is 2.43. The third-order valence-electron chi connectivity index (χ3n) is 7.47. The summed E-state index contributed by atoms with van der Waals surface area (Å²) in [5, 5.41) is 9.17. The molecule has 38 heavy (non-hydrogen) atoms. The number of likely N-dealkylation sites (tertiary alicyclic amines) is 1. The monoisotopic (exact) mass is 518 g/mol. The van der Waals surface area contributed by atoms with Crippen molar-refractivity contribution in [3.05, 3.63) is 47.4 Å². The second-order valence-corrected chi connectivity index (χ2v) is 11.4. The predicted octanol–water partition coefficient (Wildman–Crippen LogP) is 4.76. The fraction of sp³-hybridized carbons (Fsp3) is 0.500. The molecule has 1 unspecified atom stereocenters. The van der Waals surface area contributed by atoms with Gasteiger partial charge in [-0.05, 0) is 58.6 Å². The number of anilines is 2. The summed E-state index contributed by atoms with van der Waals surface area (Å²) in [5.41, 5.74) is 4.60. The lowest BCUT2D eigenvalue weighted by Gasteiger charge is -2.43. The number of ether oxygens (including phenoxy) is 2. The maximum atomic E-state index is 13.6. The standard InChI is InChI=1S/C28H34N6O4/c1-17-8-9-22-20(12-30-34(22)23-7-5-6-10-37-23)25(17)31-21-13-29-11-18-14-33(26(35)24(18)21)19-15-32(16-19)27(36)38-28(2,3)4/h8-9,11-13,19,23,31H,5-7,10,14-16H2,1-4H3. The van der Waals surface area contributed by atoms with Crippen LogP contribution in [0.5, 0.6) is 0 Å². The van der Waals surface area contributed by atoms with Crippen LogP contribution in [-0.2, 0) is 16.0 Å². The Hall–Kier alpha value is -3.66. The summed E-state index contributed by atoms with van der Waals surface area (Å²) in [4.78, 5) is 33.9. The van der Waals surface area contributed by atoms with Gasteiger partial charge in [0.1, 0.15) is 5.60 Å². The quantitative estimate of drug-likeness (QED) is 0.531. The first-order chi connectivity index (χ1) is 18.2. The smallest absolute Gasteiger partial charge is 0.410 e. The van der Waals surface area contributed by atoms with Crippen molar-refractivity contribution in [2.45, 2.75) is 71.4 Å². The minimum absolute atomic E-state index is 0.0464. The number of fused-ring (bicyclic) bond motifs is 2. The Morgan fingerprint density at radius 2 is 1.97 bits per heavy atom. The summed E-state index contributed by atoms with van der Waals surface area (Å²) >= 11 is 0. The Morgan fingerprint density at radius 3 is 2.71 bits per heavy atom. The van der Waals surface area contributed by atoms with Crippen LogP contribution in [0, 0.1) is 6.92 Å². The van der Waals surface area contributed by atoms with Gasteiger partial charge in [-0.2, -0.15) is 5.10 Å². The molecule has 200 valence electrons. The van der Waals surface area contributed by atoms with Gasteiger partial charge in [0, 0.05) is 43.4 Å². The van der Waals surface area contributed by atoms with E-state index in [1.54, 1.807) is 17.3 Å². The number of pyridine rings is 1. The zero-order chi connectivity index (χ0) is 26.6. The molecule has 10 nitrogen and oxygen atoms in total. The number of aryl methyl sites for hydroxylation is 1. The van der Waals surface area contributed by atoms with Gasteiger partial charge in [-0.3, -0.25) is 9.78 Å². The molecule has 0 radical (unpaired) electrons. The van der Waals surface area contributed by atoms with Gasteiger partial charge in [0.2, 0.25) is 0 Å². The maximum Gasteiger partial charge on any atom is 0.410 e. The lowest BCUT2D eigenvalue weighted by molar-refractivity contribution is -0.0366. The Labute approximate surface area is 221 Å². The molecule has 2 fully saturated rings. The molecular formula is C28H34N6O4. The second kappa shape index (κ2) is 9.27. The molecule has 2 saturated heterocycles. The lowest BCUT2D eigenvalue weighted by atomic mass is 10.1. The summed E-state index contributed by atoms with van der Waals surface area (Å²) in [5.74, 6) is -0.0464. The van der Waals surface area contributed by atoms with Crippen molar-refractivity contribution in [2.24, 2.45) is 0 Å². The van der Waals surface area contributed by atoms with Gasteiger partial charge in [-0.1, -0.05) is 6.07 Å². The van der Waals surface area contributed by atoms with E-state index in [4.69, 9.17) is 9.47 Å². The lowest BCUT2D eigenvalue weighted by Crippen LogP contribution is -2.61. The molecule has 1 N–H and O–H groups in total. The van der Waals surface area contributed by atoms with Crippen molar-refractivity contribution in [1.29, 1.82) is 0 Å². The van der Waals surface area contributed by atoms with E-state index >= 15 is 0 Å². The van der Waals surface area contributed by atoms with E-state index in [1.165, 1.54) is 0 Å². The van der Waals surface area contributed by atoms with E-state index in [9.17, 15) is 9.59 Å². The van der Waals surface area contributed by atoms with E-state index in [-0.39, 0.29) is 24.3 Å². The molecule has 0 spiro atoms. The summed E-state index contributed by atoms with van der Waals surface area (Å²) in [6.07, 6.45) is 8.09. The van der Waals surface area contributed by atoms with Crippen LogP contribution >= 0.6 is 0 Å². The summed E-state index contributed by atoms with van der Waals surface area (Å²) in [6.45, 7) is 9.74. The Balaban J connectivity index is 1.22. The van der Waals surface area contributed by atoms with Crippen molar-refractivity contribution in [2.75, 3.05) is 25.0 Å². The van der Waals surface area contributed by atoms with Gasteiger partial charge in [0.25, 0.3) is 5.91 Å². The van der Waals surface area contributed by atoms with Crippen LogP contribution in [0.25, 0.3) is 10.9 Å². The van der Waals surface area contributed by atoms with Gasteiger partial charge >= 0.3 is 6.09 Å². The number of carbonyl (C=O) groups is 2. The summed E-state index contributed by atoms with van der Waals surface area (Å²) in [6, 6.07) is 4.10. The van der Waals surface area contributed by atoms with Crippen LogP contribution in [0.3, 0.4) is 0 Å². The first-order valence-corrected chi connectivity index (χ1v) is 13.3. The van der Waals surface area contributed by atoms with Gasteiger partial charge < -0.3 is 24.6 Å². The minimum atomic E-state index is -0.547. The molecule has 0 saturated carbocycles. The molecule has 3 aliphatic rings. The zero-order valence-electron chi connectivity index (χ0n) is 22.4. The molecule has 3 aliphatic heterocycles. The first kappa shape index (κ1) is 24.7. The van der Waals surface area contributed by atoms with Gasteiger partial charge in [0.15, 0.2) is 6.23 Å². The Bertz CT molecular complexity index is 1400. The second-order valence-electron chi connectivity index (χ2n) is 11.4. The van der Waals surface area contributed by atoms with E-state index in [1.807, 2.05) is 43.5 Å². The van der Waals surface area contributed by atoms with E-state index in [0.29, 0.717) is 30.9 Å². The van der Waals surface area contributed by atoms with Gasteiger partial charge in [0.05, 0.1) is 40.9 Å². The highest BCUT2D eigenvalue weighted by atomic mass is 16.6. The van der Waals surface area contributed by atoms with Crippen molar-refractivity contribution >= 4 is 34.3 Å². The van der Waals surface area contributed by atoms with Crippen molar-refractivity contribution < 1.29 is 19.1 Å². The molecule has 1 atom stereocenters. The molecule has 10 heteroatoms. The minimum Gasteiger partial charge on any atom is -0.444 e. The van der Waals surface area contributed by atoms with E-state index in [0.717, 1.165) is 53.6 Å². The SMILES string of the molecule is Cc1ccc2c(cnn2C2CCCCO2)c1Nc1cncc2c1C(=O)N(C1CN(C(=O)OC(C)(C)C)C1)C2. The Morgan fingerprint density at radius 1 is 1.16 bits per heavy atom. The number of rotatable bonds is 4. The fourth-order valence-electron chi connectivity index (χ4n) is 5.47. The molecule has 5 heterocycles. The van der Waals surface area contributed by atoms with Gasteiger partial charge in [-0.25, -0.2) is 9.48 Å². The third-order valence-corrected chi connectivity index (χ3v) is 7.47. The number of carbonyl (C=O) groups excluding carboxylic acids is 2. The molecule has 0 aliphatic carbocycles. The van der Waals surface area contributed by atoms with Crippen LogP contribution < -0.4 is 5.32 Å². The molecule has 2 aromatic heterocycles. The van der Waals surface area contributed by atoms with E-state index < -0.39 is 5.60 Å². The highest BCUT2D eigenvalue weighted by Crippen LogP contribution is 2.37. The number of hydrogen-bond donors (Lipinski definition) is 1. The number of hydrogen-bond acceptors (Lipinski definition) is 7. The number of benzene rings is 1.